The fourth-order valence-corrected chi connectivity index (χ4v) is 9.09. The van der Waals surface area contributed by atoms with E-state index in [0.717, 1.165) is 6.92 Å². The molecule has 0 radical (unpaired) electrons. The molecule has 18 N–H and O–H groups in total. The van der Waals surface area contributed by atoms with Gasteiger partial charge in [0, 0.05) is 44.0 Å². The van der Waals surface area contributed by atoms with Crippen LogP contribution in [0.15, 0.2) is 91.4 Å². The number of phenolic OH excluding ortho intramolecular Hbond substituents is 2. The van der Waals surface area contributed by atoms with Crippen molar-refractivity contribution in [2.24, 2.45) is 17.6 Å². The van der Waals surface area contributed by atoms with E-state index in [1.807, 2.05) is 0 Å². The Morgan fingerprint density at radius 1 is 0.472 bits per heavy atom. The van der Waals surface area contributed by atoms with Crippen molar-refractivity contribution in [3.63, 3.8) is 0 Å². The molecule has 0 aliphatic rings. The van der Waals surface area contributed by atoms with Crippen LogP contribution in [-0.2, 0) is 78.4 Å². The summed E-state index contributed by atoms with van der Waals surface area (Å²) in [5.74, 6) is -13.2. The van der Waals surface area contributed by atoms with Crippen LogP contribution in [0.5, 0.6) is 11.5 Å². The number of carbonyl (C=O) groups excluding carboxylic acids is 9. The maximum absolute atomic E-state index is 14.6. The first-order valence-corrected chi connectivity index (χ1v) is 28.9. The largest absolute Gasteiger partial charge is 0.508 e. The van der Waals surface area contributed by atoms with Crippen LogP contribution < -0.4 is 53.6 Å². The number of H-pyrrole nitrogens is 1. The van der Waals surface area contributed by atoms with Crippen LogP contribution in [0.3, 0.4) is 0 Å². The number of phenols is 2. The Morgan fingerprint density at radius 3 is 1.25 bits per heavy atom. The first kappa shape index (κ1) is 72.0. The Morgan fingerprint density at radius 2 is 0.843 bits per heavy atom. The van der Waals surface area contributed by atoms with E-state index in [9.17, 15) is 83.4 Å². The van der Waals surface area contributed by atoms with Gasteiger partial charge in [0.15, 0.2) is 0 Å². The van der Waals surface area contributed by atoms with Gasteiger partial charge in [0.1, 0.15) is 65.9 Å². The van der Waals surface area contributed by atoms with E-state index in [1.165, 1.54) is 68.0 Å². The summed E-state index contributed by atoms with van der Waals surface area (Å²) in [7, 11) is 0. The summed E-state index contributed by atoms with van der Waals surface area (Å²) in [4.78, 5) is 157. The fourth-order valence-electron chi connectivity index (χ4n) is 9.09. The van der Waals surface area contributed by atoms with Crippen LogP contribution in [-0.4, -0.2) is 179 Å². The Bertz CT molecular complexity index is 3020. The molecule has 4 rings (SSSR count). The van der Waals surface area contributed by atoms with Gasteiger partial charge in [0.25, 0.3) is 0 Å². The zero-order valence-electron chi connectivity index (χ0n) is 50.2. The normalized spacial score (nSPS) is 15.5. The zero-order valence-corrected chi connectivity index (χ0v) is 50.2. The monoisotopic (exact) mass is 1240 g/mol. The highest BCUT2D eigenvalue weighted by atomic mass is 16.4. The topological polar surface area (TPSA) is 472 Å². The number of hydrogen-bond acceptors (Lipinski definition) is 17. The number of aliphatic carboxylic acids is 2. The van der Waals surface area contributed by atoms with E-state index < -0.39 is 163 Å². The first-order chi connectivity index (χ1) is 42.1. The molecule has 0 fully saturated rings. The number of carbonyl (C=O) groups is 11. The highest BCUT2D eigenvalue weighted by Gasteiger charge is 2.39. The molecule has 29 nitrogen and oxygen atoms in total. The lowest BCUT2D eigenvalue weighted by molar-refractivity contribution is -0.142. The summed E-state index contributed by atoms with van der Waals surface area (Å²) in [5, 5.41) is 83.9. The number of aromatic hydroxyl groups is 2. The smallest absolute Gasteiger partial charge is 0.326 e. The van der Waals surface area contributed by atoms with Crippen LogP contribution in [0, 0.1) is 11.8 Å². The van der Waals surface area contributed by atoms with Gasteiger partial charge in [-0.05, 0) is 73.1 Å². The number of amides is 9. The second-order valence-electron chi connectivity index (χ2n) is 21.7. The molecule has 9 amide bonds. The molecule has 484 valence electrons. The van der Waals surface area contributed by atoms with Crippen molar-refractivity contribution in [1.82, 2.24) is 57.8 Å². The average Bonchev–Trinajstić information content (AvgIpc) is 2.86. The molecular formula is C60H82N12O17. The van der Waals surface area contributed by atoms with Crippen molar-refractivity contribution in [3.05, 3.63) is 114 Å². The molecular weight excluding hydrogens is 1160 g/mol. The second-order valence-corrected chi connectivity index (χ2v) is 21.7. The van der Waals surface area contributed by atoms with Gasteiger partial charge in [-0.15, -0.1) is 0 Å². The summed E-state index contributed by atoms with van der Waals surface area (Å²) < 4.78 is 0. The molecule has 0 unspecified atom stereocenters. The zero-order chi connectivity index (χ0) is 66.1. The lowest BCUT2D eigenvalue weighted by Gasteiger charge is -2.31. The molecule has 4 aromatic rings. The molecule has 0 aliphatic carbocycles. The van der Waals surface area contributed by atoms with Crippen molar-refractivity contribution in [3.8, 4) is 11.5 Å². The van der Waals surface area contributed by atoms with Crippen molar-refractivity contribution < 1.29 is 83.4 Å². The summed E-state index contributed by atoms with van der Waals surface area (Å²) in [5.41, 5.74) is 7.21. The number of nitrogens with one attached hydrogen (secondary N) is 10. The van der Waals surface area contributed by atoms with Crippen molar-refractivity contribution in [2.75, 3.05) is 6.54 Å². The molecule has 0 aliphatic heterocycles. The minimum Gasteiger partial charge on any atom is -0.508 e. The fraction of sp³-hybridized carbons (Fsp3) is 0.467. The number of nitrogens with zero attached hydrogens (tertiary/aromatic N) is 1. The van der Waals surface area contributed by atoms with Gasteiger partial charge in [-0.2, -0.15) is 0 Å². The van der Waals surface area contributed by atoms with Crippen LogP contribution >= 0.6 is 0 Å². The third-order valence-corrected chi connectivity index (χ3v) is 14.7. The van der Waals surface area contributed by atoms with Gasteiger partial charge in [0.05, 0.1) is 25.1 Å². The van der Waals surface area contributed by atoms with Crippen LogP contribution in [0.25, 0.3) is 0 Å². The van der Waals surface area contributed by atoms with E-state index >= 15 is 0 Å². The number of carboxylic acid groups (broad SMARTS) is 2. The number of aliphatic hydroxyl groups is 2. The molecule has 0 bridgehead atoms. The maximum atomic E-state index is 14.6. The third kappa shape index (κ3) is 23.3. The van der Waals surface area contributed by atoms with Crippen LogP contribution in [0.1, 0.15) is 89.6 Å². The quantitative estimate of drug-likeness (QED) is 0.0239. The van der Waals surface area contributed by atoms with E-state index in [1.54, 1.807) is 58.0 Å². The van der Waals surface area contributed by atoms with Gasteiger partial charge in [-0.3, -0.25) is 47.9 Å². The van der Waals surface area contributed by atoms with Crippen molar-refractivity contribution in [1.29, 1.82) is 0 Å². The average molecular weight is 1240 g/mol. The van der Waals surface area contributed by atoms with E-state index in [0.29, 0.717) is 28.8 Å². The van der Waals surface area contributed by atoms with Gasteiger partial charge in [0.2, 0.25) is 53.2 Å². The Hall–Kier alpha value is -9.48. The number of rotatable bonds is 36. The van der Waals surface area contributed by atoms with Crippen LogP contribution in [0.2, 0.25) is 0 Å². The molecule has 0 saturated heterocycles. The maximum Gasteiger partial charge on any atom is 0.326 e. The number of hydrogen-bond donors (Lipinski definition) is 17. The number of nitrogens with two attached hydrogens (primary N) is 1. The highest BCUT2D eigenvalue weighted by molar-refractivity contribution is 5.99. The molecule has 0 saturated carbocycles. The number of aromatic nitrogens is 2. The number of benzene rings is 3. The molecule has 29 heteroatoms. The minimum absolute atomic E-state index is 0.0730. The Kier molecular flexibility index (Phi) is 28.6. The number of carboxylic acids is 2. The second kappa shape index (κ2) is 35.4. The molecule has 1 heterocycles. The first-order valence-electron chi connectivity index (χ1n) is 28.9. The number of aliphatic hydroxyl groups excluding tert-OH is 2. The third-order valence-electron chi connectivity index (χ3n) is 14.7. The lowest BCUT2D eigenvalue weighted by atomic mass is 9.94. The number of aromatic amines is 1. The van der Waals surface area contributed by atoms with E-state index in [4.69, 9.17) is 5.73 Å². The minimum atomic E-state index is -1.95. The molecule has 89 heavy (non-hydrogen) atoms. The van der Waals surface area contributed by atoms with Gasteiger partial charge in [-0.1, -0.05) is 95.1 Å². The molecule has 0 spiro atoms. The van der Waals surface area contributed by atoms with E-state index in [2.05, 4.69) is 57.8 Å². The van der Waals surface area contributed by atoms with Gasteiger partial charge >= 0.3 is 11.9 Å². The Balaban J connectivity index is 1.62. The highest BCUT2D eigenvalue weighted by Crippen LogP contribution is 2.18. The van der Waals surface area contributed by atoms with Crippen molar-refractivity contribution >= 4 is 65.1 Å². The lowest BCUT2D eigenvalue weighted by Crippen LogP contribution is -2.63. The Labute approximate surface area is 513 Å². The summed E-state index contributed by atoms with van der Waals surface area (Å²) in [6, 6.07) is 4.97. The van der Waals surface area contributed by atoms with E-state index in [-0.39, 0.29) is 43.6 Å². The molecule has 3 aromatic carbocycles. The SMILES string of the molecule is CC[C@H](C)[C@H](NC(=O)[C@H](Cc1ccc(O)cc1)NC(=O)[C@H](CCC(=O)O)NC(=O)[C@@H](NC(=O)[C@H](Cc1ccccc1)NC(=O)[C@@H](NC(=O)[C@H](Cc1ccc(O)cc1)NC(=O)CN)[C@@H](C)O)[C@@H](C)O)C(=O)N[C@H](C(=O)N[C@@H](Cc1cnc[nH]1)C(=O)O)[C@@H](C)CC. The standard InChI is InChI=1S/C60H82N12O17/c1-7-31(3)48(56(84)68-45(60(88)89)27-38-29-62-30-63-38)70-57(85)49(32(4)8-2)69-54(82)43(26-37-16-20-40(76)21-17-37)66-52(80)41(22-23-47(78)79)65-58(86)50(33(5)73)72-55(83)44(24-35-12-10-9-11-13-35)67-59(87)51(34(6)74)71-53(81)42(64-46(77)28-61)25-36-14-18-39(75)19-15-36/h9-21,29-34,41-45,48-51,73-76H,7-8,22-28,61H2,1-6H3,(H,62,63)(H,64,77)(H,65,86)(H,66,80)(H,67,87)(H,68,84)(H,69,82)(H,70,85)(H,71,81)(H,72,83)(H,78,79)(H,88,89)/t31-,32-,33+,34+,41-,42-,43-,44-,45-,48-,49-,50-,51-/m0/s1. The summed E-state index contributed by atoms with van der Waals surface area (Å²) in [6.45, 7) is 8.52. The van der Waals surface area contributed by atoms with Gasteiger partial charge < -0.3 is 89.2 Å². The summed E-state index contributed by atoms with van der Waals surface area (Å²) >= 11 is 0. The predicted molar refractivity (Wildman–Crippen MR) is 319 cm³/mol. The predicted octanol–water partition coefficient (Wildman–Crippen LogP) is -1.78. The number of imidazole rings is 1. The molecule has 13 atom stereocenters. The summed E-state index contributed by atoms with van der Waals surface area (Å²) in [6.07, 6.45) is -2.36. The van der Waals surface area contributed by atoms with Crippen LogP contribution in [0.4, 0.5) is 0 Å². The molecule has 1 aromatic heterocycles. The van der Waals surface area contributed by atoms with Gasteiger partial charge in [-0.25, -0.2) is 9.78 Å². The van der Waals surface area contributed by atoms with Crippen molar-refractivity contribution in [2.45, 2.75) is 159 Å².